The zero-order chi connectivity index (χ0) is 11.5. The van der Waals surface area contributed by atoms with E-state index in [1.807, 2.05) is 6.20 Å². The first-order valence-corrected chi connectivity index (χ1v) is 5.46. The molecule has 1 unspecified atom stereocenters. The van der Waals surface area contributed by atoms with E-state index in [-0.39, 0.29) is 6.04 Å². The van der Waals surface area contributed by atoms with E-state index < -0.39 is 0 Å². The third-order valence-corrected chi connectivity index (χ3v) is 2.81. The fourth-order valence-corrected chi connectivity index (χ4v) is 2.03. The summed E-state index contributed by atoms with van der Waals surface area (Å²) >= 11 is 0. The number of hydrogen-bond donors (Lipinski definition) is 2. The van der Waals surface area contributed by atoms with Gasteiger partial charge < -0.3 is 10.7 Å². The van der Waals surface area contributed by atoms with E-state index in [1.54, 1.807) is 13.3 Å². The second-order valence-electron chi connectivity index (χ2n) is 4.09. The molecule has 0 radical (unpaired) electrons. The van der Waals surface area contributed by atoms with Gasteiger partial charge in [-0.25, -0.2) is 0 Å². The van der Waals surface area contributed by atoms with Crippen molar-refractivity contribution in [1.82, 2.24) is 4.98 Å². The Balaban J connectivity index is 2.35. The molecule has 0 aliphatic heterocycles. The molecule has 0 fully saturated rings. The Morgan fingerprint density at radius 1 is 1.50 bits per heavy atom. The highest BCUT2D eigenvalue weighted by Gasteiger charge is 2.07. The largest absolute Gasteiger partial charge is 0.361 e. The van der Waals surface area contributed by atoms with Crippen LogP contribution in [-0.4, -0.2) is 24.3 Å². The maximum absolute atomic E-state index is 5.94. The molecule has 0 saturated heterocycles. The fraction of sp³-hybridized carbons (Fsp3) is 0.308. The van der Waals surface area contributed by atoms with Crippen molar-refractivity contribution < 1.29 is 0 Å². The van der Waals surface area contributed by atoms with E-state index in [4.69, 9.17) is 5.73 Å². The molecule has 84 valence electrons. The zero-order valence-electron chi connectivity index (χ0n) is 9.70. The van der Waals surface area contributed by atoms with Gasteiger partial charge in [0.2, 0.25) is 0 Å². The third kappa shape index (κ3) is 1.99. The topological polar surface area (TPSA) is 54.2 Å². The number of H-pyrrole nitrogens is 1. The predicted octanol–water partition coefficient (Wildman–Crippen LogP) is 2.05. The number of aromatic amines is 1. The van der Waals surface area contributed by atoms with Crippen molar-refractivity contribution in [2.45, 2.75) is 19.4 Å². The maximum Gasteiger partial charge on any atom is 0.0486 e. The molecule has 16 heavy (non-hydrogen) atoms. The molecule has 0 aliphatic rings. The van der Waals surface area contributed by atoms with Crippen molar-refractivity contribution in [1.29, 1.82) is 0 Å². The van der Waals surface area contributed by atoms with Crippen LogP contribution in [0.3, 0.4) is 0 Å². The average Bonchev–Trinajstić information content (AvgIpc) is 2.64. The van der Waals surface area contributed by atoms with Crippen LogP contribution >= 0.6 is 0 Å². The van der Waals surface area contributed by atoms with Crippen LogP contribution in [0.1, 0.15) is 11.1 Å². The van der Waals surface area contributed by atoms with Crippen molar-refractivity contribution in [2.75, 3.05) is 7.05 Å². The molecule has 1 aromatic carbocycles. The Morgan fingerprint density at radius 3 is 3.06 bits per heavy atom. The molecule has 0 bridgehead atoms. The van der Waals surface area contributed by atoms with E-state index >= 15 is 0 Å². The summed E-state index contributed by atoms with van der Waals surface area (Å²) in [7, 11) is 1.75. The number of rotatable bonds is 3. The quantitative estimate of drug-likeness (QED) is 0.756. The number of benzene rings is 1. The standard InChI is InChI=1S/C13H17N3/c1-9-4-3-5-12-10(7-16-13(9)12)6-11(14)8-15-2/h3-5,7-8,11,16H,6,14H2,1-2H3. The Hall–Kier alpha value is -1.61. The molecular weight excluding hydrogens is 198 g/mol. The zero-order valence-corrected chi connectivity index (χ0v) is 9.70. The summed E-state index contributed by atoms with van der Waals surface area (Å²) in [5.41, 5.74) is 9.67. The van der Waals surface area contributed by atoms with Gasteiger partial charge in [0.1, 0.15) is 0 Å². The molecule has 1 aromatic heterocycles. The molecule has 3 nitrogen and oxygen atoms in total. The van der Waals surface area contributed by atoms with Crippen molar-refractivity contribution in [3.63, 3.8) is 0 Å². The van der Waals surface area contributed by atoms with E-state index in [0.717, 1.165) is 6.42 Å². The summed E-state index contributed by atoms with van der Waals surface area (Å²) in [6, 6.07) is 6.30. The SMILES string of the molecule is CN=CC(N)Cc1c[nH]c2c(C)cccc12. The van der Waals surface area contributed by atoms with Gasteiger partial charge in [0.05, 0.1) is 0 Å². The molecule has 0 aliphatic carbocycles. The lowest BCUT2D eigenvalue weighted by atomic mass is 10.0. The monoisotopic (exact) mass is 215 g/mol. The predicted molar refractivity (Wildman–Crippen MR) is 69.1 cm³/mol. The molecule has 0 spiro atoms. The van der Waals surface area contributed by atoms with Crippen LogP contribution in [0, 0.1) is 6.92 Å². The van der Waals surface area contributed by atoms with Gasteiger partial charge in [-0.3, -0.25) is 4.99 Å². The number of para-hydroxylation sites is 1. The van der Waals surface area contributed by atoms with Gasteiger partial charge in [0.25, 0.3) is 0 Å². The highest BCUT2D eigenvalue weighted by Crippen LogP contribution is 2.21. The first-order chi connectivity index (χ1) is 7.72. The molecule has 0 amide bonds. The Bertz CT molecular complexity index is 511. The van der Waals surface area contributed by atoms with Gasteiger partial charge in [-0.15, -0.1) is 0 Å². The summed E-state index contributed by atoms with van der Waals surface area (Å²) in [4.78, 5) is 7.26. The molecule has 1 heterocycles. The van der Waals surface area contributed by atoms with Crippen LogP contribution < -0.4 is 5.73 Å². The number of aromatic nitrogens is 1. The van der Waals surface area contributed by atoms with Crippen molar-refractivity contribution in [2.24, 2.45) is 10.7 Å². The van der Waals surface area contributed by atoms with E-state index in [0.29, 0.717) is 0 Å². The number of fused-ring (bicyclic) bond motifs is 1. The van der Waals surface area contributed by atoms with Crippen LogP contribution in [0.15, 0.2) is 29.4 Å². The average molecular weight is 215 g/mol. The highest BCUT2D eigenvalue weighted by atomic mass is 14.7. The Morgan fingerprint density at radius 2 is 2.31 bits per heavy atom. The van der Waals surface area contributed by atoms with Crippen LogP contribution in [-0.2, 0) is 6.42 Å². The van der Waals surface area contributed by atoms with Crippen LogP contribution in [0.25, 0.3) is 10.9 Å². The fourth-order valence-electron chi connectivity index (χ4n) is 2.03. The molecular formula is C13H17N3. The lowest BCUT2D eigenvalue weighted by molar-refractivity contribution is 0.868. The second-order valence-corrected chi connectivity index (χ2v) is 4.09. The molecule has 3 heteroatoms. The van der Waals surface area contributed by atoms with Gasteiger partial charge in [0, 0.05) is 36.4 Å². The van der Waals surface area contributed by atoms with Crippen LogP contribution in [0.4, 0.5) is 0 Å². The number of nitrogens with zero attached hydrogens (tertiary/aromatic N) is 1. The van der Waals surface area contributed by atoms with Crippen molar-refractivity contribution in [3.05, 3.63) is 35.5 Å². The second kappa shape index (κ2) is 4.49. The minimum absolute atomic E-state index is 0.00971. The van der Waals surface area contributed by atoms with Gasteiger partial charge in [0.15, 0.2) is 0 Å². The molecule has 2 aromatic rings. The summed E-state index contributed by atoms with van der Waals surface area (Å²) in [6.45, 7) is 2.11. The molecule has 0 saturated carbocycles. The highest BCUT2D eigenvalue weighted by molar-refractivity contribution is 5.86. The van der Waals surface area contributed by atoms with Gasteiger partial charge in [-0.05, 0) is 24.5 Å². The summed E-state index contributed by atoms with van der Waals surface area (Å²) in [5, 5.41) is 1.26. The minimum Gasteiger partial charge on any atom is -0.361 e. The smallest absolute Gasteiger partial charge is 0.0486 e. The minimum atomic E-state index is -0.00971. The number of nitrogens with two attached hydrogens (primary N) is 1. The lowest BCUT2D eigenvalue weighted by Gasteiger charge is -2.04. The molecule has 3 N–H and O–H groups in total. The number of nitrogens with one attached hydrogen (secondary N) is 1. The number of aliphatic imine (C=N–C) groups is 1. The first kappa shape index (κ1) is 10.9. The van der Waals surface area contributed by atoms with E-state index in [2.05, 4.69) is 35.1 Å². The van der Waals surface area contributed by atoms with Crippen LogP contribution in [0.2, 0.25) is 0 Å². The van der Waals surface area contributed by atoms with Crippen molar-refractivity contribution >= 4 is 17.1 Å². The van der Waals surface area contributed by atoms with E-state index in [1.165, 1.54) is 22.0 Å². The normalized spacial score (nSPS) is 13.7. The Labute approximate surface area is 95.4 Å². The number of hydrogen-bond acceptors (Lipinski definition) is 2. The van der Waals surface area contributed by atoms with Crippen molar-refractivity contribution in [3.8, 4) is 0 Å². The van der Waals surface area contributed by atoms with Crippen LogP contribution in [0.5, 0.6) is 0 Å². The third-order valence-electron chi connectivity index (χ3n) is 2.81. The lowest BCUT2D eigenvalue weighted by Crippen LogP contribution is -2.24. The Kier molecular flexibility index (Phi) is 3.06. The summed E-state index contributed by atoms with van der Waals surface area (Å²) < 4.78 is 0. The number of aryl methyl sites for hydroxylation is 1. The molecule has 2 rings (SSSR count). The van der Waals surface area contributed by atoms with Gasteiger partial charge >= 0.3 is 0 Å². The summed E-state index contributed by atoms with van der Waals surface area (Å²) in [5.74, 6) is 0. The maximum atomic E-state index is 5.94. The van der Waals surface area contributed by atoms with E-state index in [9.17, 15) is 0 Å². The van der Waals surface area contributed by atoms with Gasteiger partial charge in [-0.1, -0.05) is 18.2 Å². The molecule has 1 atom stereocenters. The first-order valence-electron chi connectivity index (χ1n) is 5.46. The van der Waals surface area contributed by atoms with Gasteiger partial charge in [-0.2, -0.15) is 0 Å². The summed E-state index contributed by atoms with van der Waals surface area (Å²) in [6.07, 6.45) is 4.65.